The first-order valence-electron chi connectivity index (χ1n) is 9.12. The highest BCUT2D eigenvalue weighted by molar-refractivity contribution is 5.97. The SMILES string of the molecule is COc1ccc(F)cc1C(=O)N1CCN(c2cc(C)nc(C(C)C)n2)CC1. The van der Waals surface area contributed by atoms with Crippen molar-refractivity contribution in [2.24, 2.45) is 0 Å². The molecule has 3 rings (SSSR count). The Balaban J connectivity index is 1.72. The lowest BCUT2D eigenvalue weighted by Crippen LogP contribution is -2.49. The van der Waals surface area contributed by atoms with Crippen LogP contribution in [-0.2, 0) is 0 Å². The Hall–Kier alpha value is -2.70. The number of benzene rings is 1. The van der Waals surface area contributed by atoms with Crippen molar-refractivity contribution in [3.05, 3.63) is 47.2 Å². The van der Waals surface area contributed by atoms with E-state index in [0.29, 0.717) is 31.9 Å². The van der Waals surface area contributed by atoms with Crippen LogP contribution in [0.2, 0.25) is 0 Å². The molecule has 1 fully saturated rings. The molecule has 1 saturated heterocycles. The third kappa shape index (κ3) is 4.18. The molecule has 1 aromatic heterocycles. The molecular formula is C20H25FN4O2. The number of nitrogens with zero attached hydrogens (tertiary/aromatic N) is 4. The molecule has 27 heavy (non-hydrogen) atoms. The van der Waals surface area contributed by atoms with Crippen LogP contribution in [0.1, 0.15) is 41.6 Å². The van der Waals surface area contributed by atoms with Crippen molar-refractivity contribution < 1.29 is 13.9 Å². The van der Waals surface area contributed by atoms with Crippen LogP contribution in [0.5, 0.6) is 5.75 Å². The number of hydrogen-bond donors (Lipinski definition) is 0. The molecule has 2 heterocycles. The third-order valence-electron chi connectivity index (χ3n) is 4.66. The van der Waals surface area contributed by atoms with Gasteiger partial charge in [0.05, 0.1) is 12.7 Å². The van der Waals surface area contributed by atoms with Crippen LogP contribution < -0.4 is 9.64 Å². The number of rotatable bonds is 4. The smallest absolute Gasteiger partial charge is 0.257 e. The highest BCUT2D eigenvalue weighted by Crippen LogP contribution is 2.23. The standard InChI is InChI=1S/C20H25FN4O2/c1-13(2)19-22-14(3)11-18(23-19)24-7-9-25(10-8-24)20(26)16-12-15(21)5-6-17(16)27-4/h5-6,11-13H,7-10H2,1-4H3. The summed E-state index contributed by atoms with van der Waals surface area (Å²) in [5, 5.41) is 0. The Kier molecular flexibility index (Phi) is 5.58. The summed E-state index contributed by atoms with van der Waals surface area (Å²) in [6, 6.07) is 5.97. The molecule has 1 aliphatic heterocycles. The second kappa shape index (κ2) is 7.90. The number of aromatic nitrogens is 2. The van der Waals surface area contributed by atoms with Gasteiger partial charge in [-0.25, -0.2) is 14.4 Å². The van der Waals surface area contributed by atoms with E-state index in [1.54, 1.807) is 4.90 Å². The van der Waals surface area contributed by atoms with Crippen LogP contribution in [0.4, 0.5) is 10.2 Å². The zero-order valence-electron chi connectivity index (χ0n) is 16.2. The van der Waals surface area contributed by atoms with Gasteiger partial charge in [-0.2, -0.15) is 0 Å². The topological polar surface area (TPSA) is 58.6 Å². The molecule has 0 unspecified atom stereocenters. The van der Waals surface area contributed by atoms with Crippen molar-refractivity contribution in [3.63, 3.8) is 0 Å². The Morgan fingerprint density at radius 3 is 2.48 bits per heavy atom. The van der Waals surface area contributed by atoms with Crippen molar-refractivity contribution in [1.82, 2.24) is 14.9 Å². The van der Waals surface area contributed by atoms with E-state index in [4.69, 9.17) is 4.74 Å². The summed E-state index contributed by atoms with van der Waals surface area (Å²) in [5.41, 5.74) is 1.19. The van der Waals surface area contributed by atoms with Crippen molar-refractivity contribution >= 4 is 11.7 Å². The van der Waals surface area contributed by atoms with E-state index in [1.165, 1.54) is 25.3 Å². The van der Waals surface area contributed by atoms with Crippen LogP contribution in [0.25, 0.3) is 0 Å². The van der Waals surface area contributed by atoms with E-state index in [2.05, 4.69) is 28.7 Å². The Labute approximate surface area is 159 Å². The summed E-state index contributed by atoms with van der Waals surface area (Å²) in [6.07, 6.45) is 0. The van der Waals surface area contributed by atoms with E-state index >= 15 is 0 Å². The molecule has 144 valence electrons. The molecule has 0 radical (unpaired) electrons. The van der Waals surface area contributed by atoms with Gasteiger partial charge in [0.2, 0.25) is 0 Å². The lowest BCUT2D eigenvalue weighted by molar-refractivity contribution is 0.0742. The molecule has 6 nitrogen and oxygen atoms in total. The van der Waals surface area contributed by atoms with Crippen LogP contribution >= 0.6 is 0 Å². The molecule has 1 aliphatic rings. The van der Waals surface area contributed by atoms with Crippen LogP contribution in [0.15, 0.2) is 24.3 Å². The van der Waals surface area contributed by atoms with Gasteiger partial charge in [-0.15, -0.1) is 0 Å². The van der Waals surface area contributed by atoms with E-state index in [-0.39, 0.29) is 17.4 Å². The van der Waals surface area contributed by atoms with E-state index in [9.17, 15) is 9.18 Å². The number of ether oxygens (including phenoxy) is 1. The van der Waals surface area contributed by atoms with Crippen molar-refractivity contribution in [3.8, 4) is 5.75 Å². The van der Waals surface area contributed by atoms with E-state index < -0.39 is 5.82 Å². The number of carbonyl (C=O) groups excluding carboxylic acids is 1. The molecule has 1 aromatic carbocycles. The van der Waals surface area contributed by atoms with Crippen LogP contribution in [0, 0.1) is 12.7 Å². The molecule has 1 amide bonds. The zero-order chi connectivity index (χ0) is 19.6. The lowest BCUT2D eigenvalue weighted by atomic mass is 10.1. The summed E-state index contributed by atoms with van der Waals surface area (Å²) in [5.74, 6) is 1.70. The van der Waals surface area contributed by atoms with Gasteiger partial charge in [0.1, 0.15) is 23.2 Å². The second-order valence-electron chi connectivity index (χ2n) is 7.00. The maximum Gasteiger partial charge on any atom is 0.257 e. The molecule has 0 atom stereocenters. The Bertz CT molecular complexity index is 833. The maximum absolute atomic E-state index is 13.6. The summed E-state index contributed by atoms with van der Waals surface area (Å²) in [6.45, 7) is 8.52. The lowest BCUT2D eigenvalue weighted by Gasteiger charge is -2.35. The average Bonchev–Trinajstić information content (AvgIpc) is 2.67. The molecular weight excluding hydrogens is 347 g/mol. The number of anilines is 1. The van der Waals surface area contributed by atoms with Crippen LogP contribution in [0.3, 0.4) is 0 Å². The highest BCUT2D eigenvalue weighted by Gasteiger charge is 2.25. The minimum atomic E-state index is -0.449. The molecule has 0 bridgehead atoms. The predicted molar refractivity (Wildman–Crippen MR) is 102 cm³/mol. The fourth-order valence-corrected chi connectivity index (χ4v) is 3.15. The minimum absolute atomic E-state index is 0.215. The first-order valence-corrected chi connectivity index (χ1v) is 9.12. The van der Waals surface area contributed by atoms with Gasteiger partial charge >= 0.3 is 0 Å². The fraction of sp³-hybridized carbons (Fsp3) is 0.450. The van der Waals surface area contributed by atoms with E-state index in [0.717, 1.165) is 17.3 Å². The monoisotopic (exact) mass is 372 g/mol. The summed E-state index contributed by atoms with van der Waals surface area (Å²) >= 11 is 0. The first kappa shape index (κ1) is 19.1. The van der Waals surface area contributed by atoms with Crippen LogP contribution in [-0.4, -0.2) is 54.1 Å². The van der Waals surface area contributed by atoms with Gasteiger partial charge in [0.15, 0.2) is 0 Å². The van der Waals surface area contributed by atoms with Crippen molar-refractivity contribution in [1.29, 1.82) is 0 Å². The quantitative estimate of drug-likeness (QED) is 0.826. The number of aryl methyl sites for hydroxylation is 1. The zero-order valence-corrected chi connectivity index (χ0v) is 16.2. The molecule has 7 heteroatoms. The van der Waals surface area contributed by atoms with Gasteiger partial charge in [0.25, 0.3) is 5.91 Å². The van der Waals surface area contributed by atoms with E-state index in [1.807, 2.05) is 13.0 Å². The average molecular weight is 372 g/mol. The van der Waals surface area contributed by atoms with Crippen molar-refractivity contribution in [2.45, 2.75) is 26.7 Å². The molecule has 0 saturated carbocycles. The molecule has 0 aliphatic carbocycles. The number of hydrogen-bond acceptors (Lipinski definition) is 5. The molecule has 2 aromatic rings. The third-order valence-corrected chi connectivity index (χ3v) is 4.66. The molecule has 0 spiro atoms. The summed E-state index contributed by atoms with van der Waals surface area (Å²) < 4.78 is 18.8. The predicted octanol–water partition coefficient (Wildman–Crippen LogP) is 3.02. The number of carbonyl (C=O) groups is 1. The second-order valence-corrected chi connectivity index (χ2v) is 7.00. The Morgan fingerprint density at radius 2 is 1.85 bits per heavy atom. The van der Waals surface area contributed by atoms with Gasteiger partial charge in [-0.3, -0.25) is 4.79 Å². The van der Waals surface area contributed by atoms with Gasteiger partial charge in [0, 0.05) is 43.9 Å². The molecule has 0 N–H and O–H groups in total. The number of halogens is 1. The first-order chi connectivity index (χ1) is 12.9. The number of piperazine rings is 1. The maximum atomic E-state index is 13.6. The van der Waals surface area contributed by atoms with Gasteiger partial charge < -0.3 is 14.5 Å². The summed E-state index contributed by atoms with van der Waals surface area (Å²) in [4.78, 5) is 25.8. The summed E-state index contributed by atoms with van der Waals surface area (Å²) in [7, 11) is 1.48. The number of amides is 1. The van der Waals surface area contributed by atoms with Gasteiger partial charge in [-0.05, 0) is 25.1 Å². The Morgan fingerprint density at radius 1 is 1.15 bits per heavy atom. The fourth-order valence-electron chi connectivity index (χ4n) is 3.15. The van der Waals surface area contributed by atoms with Gasteiger partial charge in [-0.1, -0.05) is 13.8 Å². The van der Waals surface area contributed by atoms with Crippen molar-refractivity contribution in [2.75, 3.05) is 38.2 Å². The highest BCUT2D eigenvalue weighted by atomic mass is 19.1. The normalized spacial score (nSPS) is 14.6. The minimum Gasteiger partial charge on any atom is -0.496 e. The number of methoxy groups -OCH3 is 1. The largest absolute Gasteiger partial charge is 0.496 e.